The van der Waals surface area contributed by atoms with Crippen molar-refractivity contribution in [1.82, 2.24) is 0 Å². The average molecular weight is 341 g/mol. The van der Waals surface area contributed by atoms with Gasteiger partial charge in [0.1, 0.15) is 11.5 Å². The Labute approximate surface area is 147 Å². The number of rotatable bonds is 8. The Morgan fingerprint density at radius 1 is 1.08 bits per heavy atom. The van der Waals surface area contributed by atoms with E-state index in [4.69, 9.17) is 20.8 Å². The highest BCUT2D eigenvalue weighted by Gasteiger charge is 2.17. The van der Waals surface area contributed by atoms with E-state index in [2.05, 4.69) is 4.85 Å². The number of nitrogens with zero attached hydrogens (tertiary/aromatic N) is 1. The second kappa shape index (κ2) is 9.21. The highest BCUT2D eigenvalue weighted by Crippen LogP contribution is 2.24. The van der Waals surface area contributed by atoms with Gasteiger partial charge in [0, 0.05) is 6.61 Å². The van der Waals surface area contributed by atoms with Gasteiger partial charge in [0.2, 0.25) is 0 Å². The highest BCUT2D eigenvalue weighted by molar-refractivity contribution is 6.59. The van der Waals surface area contributed by atoms with Gasteiger partial charge in [-0.05, 0) is 49.1 Å². The van der Waals surface area contributed by atoms with E-state index in [1.165, 1.54) is 0 Å². The van der Waals surface area contributed by atoms with Crippen LogP contribution in [0.3, 0.4) is 0 Å². The number of hydrogen-bond acceptors (Lipinski definition) is 5. The SMILES string of the molecule is [C-]#[N+]c1ccc(Oc2ccc(B(O)O)c(COC(C)OCC)c2)cc1. The molecule has 0 amide bonds. The van der Waals surface area contributed by atoms with Gasteiger partial charge < -0.3 is 24.3 Å². The van der Waals surface area contributed by atoms with Crippen molar-refractivity contribution >= 4 is 18.3 Å². The molecule has 0 aliphatic carbocycles. The van der Waals surface area contributed by atoms with Gasteiger partial charge in [0.25, 0.3) is 0 Å². The first-order valence-electron chi connectivity index (χ1n) is 7.91. The molecule has 0 aromatic heterocycles. The Hall–Kier alpha value is -2.37. The number of hydrogen-bond donors (Lipinski definition) is 2. The second-order valence-corrected chi connectivity index (χ2v) is 5.28. The first-order chi connectivity index (χ1) is 12.0. The van der Waals surface area contributed by atoms with E-state index in [0.717, 1.165) is 0 Å². The minimum absolute atomic E-state index is 0.155. The summed E-state index contributed by atoms with van der Waals surface area (Å²) in [6.07, 6.45) is -0.403. The Morgan fingerprint density at radius 3 is 2.36 bits per heavy atom. The minimum atomic E-state index is -1.60. The molecule has 0 heterocycles. The van der Waals surface area contributed by atoms with Gasteiger partial charge in [0.05, 0.1) is 13.2 Å². The second-order valence-electron chi connectivity index (χ2n) is 5.28. The Balaban J connectivity index is 2.16. The van der Waals surface area contributed by atoms with E-state index >= 15 is 0 Å². The van der Waals surface area contributed by atoms with Crippen LogP contribution in [0.1, 0.15) is 19.4 Å². The molecule has 7 heteroatoms. The van der Waals surface area contributed by atoms with Crippen LogP contribution in [0.2, 0.25) is 0 Å². The van der Waals surface area contributed by atoms with Crippen LogP contribution in [0.5, 0.6) is 11.5 Å². The van der Waals surface area contributed by atoms with Crippen LogP contribution < -0.4 is 10.2 Å². The molecule has 6 nitrogen and oxygen atoms in total. The van der Waals surface area contributed by atoms with Crippen LogP contribution in [-0.4, -0.2) is 30.1 Å². The molecular formula is C18H20BNO5. The summed E-state index contributed by atoms with van der Waals surface area (Å²) < 4.78 is 16.6. The molecule has 25 heavy (non-hydrogen) atoms. The van der Waals surface area contributed by atoms with Crippen LogP contribution >= 0.6 is 0 Å². The Morgan fingerprint density at radius 2 is 1.76 bits per heavy atom. The van der Waals surface area contributed by atoms with Crippen molar-refractivity contribution in [3.8, 4) is 11.5 Å². The lowest BCUT2D eigenvalue weighted by atomic mass is 9.77. The first-order valence-corrected chi connectivity index (χ1v) is 7.91. The van der Waals surface area contributed by atoms with Crippen molar-refractivity contribution in [2.24, 2.45) is 0 Å². The molecule has 0 bridgehead atoms. The third kappa shape index (κ3) is 5.59. The summed E-state index contributed by atoms with van der Waals surface area (Å²) in [7, 11) is -1.60. The summed E-state index contributed by atoms with van der Waals surface area (Å²) in [5.41, 5.74) is 1.47. The van der Waals surface area contributed by atoms with E-state index in [-0.39, 0.29) is 6.61 Å². The summed E-state index contributed by atoms with van der Waals surface area (Å²) in [5, 5.41) is 19.0. The van der Waals surface area contributed by atoms with Crippen molar-refractivity contribution in [2.75, 3.05) is 6.61 Å². The molecule has 0 aliphatic rings. The molecular weight excluding hydrogens is 321 g/mol. The average Bonchev–Trinajstić information content (AvgIpc) is 2.61. The van der Waals surface area contributed by atoms with Gasteiger partial charge in [-0.1, -0.05) is 18.2 Å². The molecule has 1 atom stereocenters. The lowest BCUT2D eigenvalue weighted by molar-refractivity contribution is -0.134. The zero-order valence-corrected chi connectivity index (χ0v) is 14.2. The van der Waals surface area contributed by atoms with E-state index < -0.39 is 13.4 Å². The lowest BCUT2D eigenvalue weighted by Crippen LogP contribution is -2.33. The van der Waals surface area contributed by atoms with Crippen molar-refractivity contribution in [1.29, 1.82) is 0 Å². The molecule has 0 radical (unpaired) electrons. The van der Waals surface area contributed by atoms with Crippen molar-refractivity contribution in [2.45, 2.75) is 26.7 Å². The largest absolute Gasteiger partial charge is 0.488 e. The Kier molecular flexibility index (Phi) is 6.98. The summed E-state index contributed by atoms with van der Waals surface area (Å²) in [6.45, 7) is 11.3. The molecule has 0 saturated carbocycles. The fourth-order valence-electron chi connectivity index (χ4n) is 2.24. The molecule has 0 fully saturated rings. The molecule has 1 unspecified atom stereocenters. The lowest BCUT2D eigenvalue weighted by Gasteiger charge is -2.16. The number of ether oxygens (including phenoxy) is 3. The zero-order valence-electron chi connectivity index (χ0n) is 14.2. The molecule has 0 saturated heterocycles. The van der Waals surface area contributed by atoms with Gasteiger partial charge in [-0.25, -0.2) is 4.85 Å². The third-order valence-corrected chi connectivity index (χ3v) is 3.47. The highest BCUT2D eigenvalue weighted by atomic mass is 16.7. The van der Waals surface area contributed by atoms with Gasteiger partial charge in [-0.2, -0.15) is 0 Å². The third-order valence-electron chi connectivity index (χ3n) is 3.47. The van der Waals surface area contributed by atoms with Crippen molar-refractivity contribution in [3.05, 3.63) is 59.4 Å². The molecule has 2 rings (SSSR count). The Bertz CT molecular complexity index is 727. The van der Waals surface area contributed by atoms with Crippen molar-refractivity contribution < 1.29 is 24.3 Å². The van der Waals surface area contributed by atoms with E-state index in [9.17, 15) is 10.0 Å². The minimum Gasteiger partial charge on any atom is -0.457 e. The standard InChI is InChI=1S/C18H20BNO5/c1-4-23-13(2)24-12-14-11-17(9-10-18(14)19(21)22)25-16-7-5-15(20-3)6-8-16/h5-11,13,21-22H,4,12H2,1-2H3. The van der Waals surface area contributed by atoms with Gasteiger partial charge >= 0.3 is 7.12 Å². The monoisotopic (exact) mass is 341 g/mol. The van der Waals surface area contributed by atoms with Crippen LogP contribution in [0, 0.1) is 6.57 Å². The van der Waals surface area contributed by atoms with Gasteiger partial charge in [0.15, 0.2) is 12.0 Å². The summed E-state index contributed by atoms with van der Waals surface area (Å²) in [5.74, 6) is 1.11. The molecule has 0 spiro atoms. The topological polar surface area (TPSA) is 72.5 Å². The fraction of sp³-hybridized carbons (Fsp3) is 0.278. The van der Waals surface area contributed by atoms with Gasteiger partial charge in [-0.3, -0.25) is 0 Å². The van der Waals surface area contributed by atoms with E-state index in [1.807, 2.05) is 6.92 Å². The van der Waals surface area contributed by atoms with Gasteiger partial charge in [-0.15, -0.1) is 0 Å². The predicted octanol–water partition coefficient (Wildman–Crippen LogP) is 2.61. The van der Waals surface area contributed by atoms with Crippen LogP contribution in [-0.2, 0) is 16.1 Å². The van der Waals surface area contributed by atoms with E-state index in [0.29, 0.717) is 34.8 Å². The summed E-state index contributed by atoms with van der Waals surface area (Å²) >= 11 is 0. The quantitative estimate of drug-likeness (QED) is 0.439. The normalized spacial score (nSPS) is 11.6. The van der Waals surface area contributed by atoms with Crippen LogP contribution in [0.25, 0.3) is 4.85 Å². The summed E-state index contributed by atoms with van der Waals surface area (Å²) in [6, 6.07) is 11.7. The first kappa shape index (κ1) is 19.0. The van der Waals surface area contributed by atoms with Crippen LogP contribution in [0.4, 0.5) is 5.69 Å². The number of benzene rings is 2. The zero-order chi connectivity index (χ0) is 18.2. The van der Waals surface area contributed by atoms with E-state index in [1.54, 1.807) is 49.4 Å². The molecule has 2 aromatic rings. The van der Waals surface area contributed by atoms with Crippen LogP contribution in [0.15, 0.2) is 42.5 Å². The molecule has 130 valence electrons. The smallest absolute Gasteiger partial charge is 0.457 e. The maximum absolute atomic E-state index is 9.51. The molecule has 2 N–H and O–H groups in total. The molecule has 2 aromatic carbocycles. The van der Waals surface area contributed by atoms with Crippen molar-refractivity contribution in [3.63, 3.8) is 0 Å². The maximum Gasteiger partial charge on any atom is 0.488 e. The summed E-state index contributed by atoms with van der Waals surface area (Å²) in [4.78, 5) is 3.33. The maximum atomic E-state index is 9.51. The molecule has 0 aliphatic heterocycles. The predicted molar refractivity (Wildman–Crippen MR) is 94.9 cm³/mol. The fourth-order valence-corrected chi connectivity index (χ4v) is 2.24.